The van der Waals surface area contributed by atoms with Crippen LogP contribution in [-0.4, -0.2) is 5.78 Å². The minimum atomic E-state index is -0.500. The fraction of sp³-hybridized carbons (Fsp3) is 0. The lowest BCUT2D eigenvalue weighted by molar-refractivity contribution is 0.103. The second-order valence-corrected chi connectivity index (χ2v) is 4.31. The van der Waals surface area contributed by atoms with Crippen LogP contribution in [0.1, 0.15) is 15.9 Å². The number of hydrogen-bond acceptors (Lipinski definition) is 1. The first kappa shape index (κ1) is 12.1. The molecule has 0 amide bonds. The SMILES string of the molecule is O=C(c1cccc(Cl)c1)c1cc(F)ccc1Cl. The van der Waals surface area contributed by atoms with Crippen molar-refractivity contribution in [3.63, 3.8) is 0 Å². The molecule has 0 saturated heterocycles. The predicted molar refractivity (Wildman–Crippen MR) is 66.3 cm³/mol. The van der Waals surface area contributed by atoms with Crippen molar-refractivity contribution in [1.82, 2.24) is 0 Å². The molecule has 0 heterocycles. The van der Waals surface area contributed by atoms with Crippen LogP contribution in [0.3, 0.4) is 0 Å². The lowest BCUT2D eigenvalue weighted by atomic mass is 10.0. The van der Waals surface area contributed by atoms with Crippen LogP contribution >= 0.6 is 23.2 Å². The minimum Gasteiger partial charge on any atom is -0.289 e. The third-order valence-corrected chi connectivity index (χ3v) is 2.82. The summed E-state index contributed by atoms with van der Waals surface area (Å²) in [6.45, 7) is 0. The van der Waals surface area contributed by atoms with E-state index in [4.69, 9.17) is 23.2 Å². The van der Waals surface area contributed by atoms with Gasteiger partial charge in [-0.3, -0.25) is 4.79 Å². The number of benzene rings is 2. The highest BCUT2D eigenvalue weighted by molar-refractivity contribution is 6.35. The van der Waals surface area contributed by atoms with Gasteiger partial charge in [0.05, 0.1) is 5.02 Å². The summed E-state index contributed by atoms with van der Waals surface area (Å²) < 4.78 is 13.1. The van der Waals surface area contributed by atoms with E-state index < -0.39 is 5.82 Å². The summed E-state index contributed by atoms with van der Waals surface area (Å²) in [5, 5.41) is 0.666. The van der Waals surface area contributed by atoms with Gasteiger partial charge in [0.2, 0.25) is 0 Å². The number of carbonyl (C=O) groups is 1. The Hall–Kier alpha value is -1.38. The van der Waals surface area contributed by atoms with Crippen molar-refractivity contribution in [1.29, 1.82) is 0 Å². The van der Waals surface area contributed by atoms with Crippen molar-refractivity contribution in [3.8, 4) is 0 Å². The van der Waals surface area contributed by atoms with Crippen molar-refractivity contribution >= 4 is 29.0 Å². The molecular weight excluding hydrogens is 262 g/mol. The Labute approximate surface area is 108 Å². The molecule has 0 aliphatic heterocycles. The topological polar surface area (TPSA) is 17.1 Å². The fourth-order valence-corrected chi connectivity index (χ4v) is 1.85. The molecule has 0 bridgehead atoms. The standard InChI is InChI=1S/C13H7Cl2FO/c14-9-3-1-2-8(6-9)13(17)11-7-10(16)4-5-12(11)15/h1-7H. The zero-order valence-corrected chi connectivity index (χ0v) is 10.1. The van der Waals surface area contributed by atoms with Crippen molar-refractivity contribution in [2.45, 2.75) is 0 Å². The first-order valence-electron chi connectivity index (χ1n) is 4.83. The summed E-state index contributed by atoms with van der Waals surface area (Å²) in [5.41, 5.74) is 0.513. The molecule has 17 heavy (non-hydrogen) atoms. The summed E-state index contributed by atoms with van der Waals surface area (Å²) in [6.07, 6.45) is 0. The fourth-order valence-electron chi connectivity index (χ4n) is 1.46. The van der Waals surface area contributed by atoms with Crippen LogP contribution in [0.2, 0.25) is 10.0 Å². The van der Waals surface area contributed by atoms with Gasteiger partial charge >= 0.3 is 0 Å². The molecule has 86 valence electrons. The molecule has 0 spiro atoms. The average molecular weight is 269 g/mol. The zero-order chi connectivity index (χ0) is 12.4. The number of rotatable bonds is 2. The maximum Gasteiger partial charge on any atom is 0.194 e. The molecule has 0 unspecified atom stereocenters. The Morgan fingerprint density at radius 1 is 1.06 bits per heavy atom. The highest BCUT2D eigenvalue weighted by Gasteiger charge is 2.13. The average Bonchev–Trinajstić information content (AvgIpc) is 2.31. The van der Waals surface area contributed by atoms with Crippen LogP contribution in [-0.2, 0) is 0 Å². The number of hydrogen-bond donors (Lipinski definition) is 0. The van der Waals surface area contributed by atoms with E-state index in [9.17, 15) is 9.18 Å². The van der Waals surface area contributed by atoms with Crippen molar-refractivity contribution in [2.24, 2.45) is 0 Å². The Balaban J connectivity index is 2.47. The molecular formula is C13H7Cl2FO. The molecule has 2 aromatic carbocycles. The van der Waals surface area contributed by atoms with E-state index in [1.165, 1.54) is 18.2 Å². The molecule has 0 N–H and O–H groups in total. The lowest BCUT2D eigenvalue weighted by Crippen LogP contribution is -2.02. The van der Waals surface area contributed by atoms with Gasteiger partial charge in [0, 0.05) is 16.1 Å². The molecule has 0 atom stereocenters. The van der Waals surface area contributed by atoms with Gasteiger partial charge in [0.15, 0.2) is 5.78 Å². The van der Waals surface area contributed by atoms with E-state index in [-0.39, 0.29) is 16.4 Å². The van der Waals surface area contributed by atoms with Gasteiger partial charge in [-0.2, -0.15) is 0 Å². The quantitative estimate of drug-likeness (QED) is 0.740. The summed E-state index contributed by atoms with van der Waals surface area (Å²) in [7, 11) is 0. The maximum absolute atomic E-state index is 13.1. The first-order chi connectivity index (χ1) is 8.08. The summed E-state index contributed by atoms with van der Waals surface area (Å²) in [6, 6.07) is 10.1. The number of halogens is 3. The monoisotopic (exact) mass is 268 g/mol. The molecule has 2 rings (SSSR count). The van der Waals surface area contributed by atoms with Crippen LogP contribution in [0.15, 0.2) is 42.5 Å². The third-order valence-electron chi connectivity index (χ3n) is 2.26. The van der Waals surface area contributed by atoms with Gasteiger partial charge in [-0.05, 0) is 30.3 Å². The van der Waals surface area contributed by atoms with E-state index in [0.717, 1.165) is 6.07 Å². The number of carbonyl (C=O) groups excluding carboxylic acids is 1. The second-order valence-electron chi connectivity index (χ2n) is 3.46. The van der Waals surface area contributed by atoms with E-state index in [2.05, 4.69) is 0 Å². The molecule has 0 saturated carbocycles. The Kier molecular flexibility index (Phi) is 3.46. The van der Waals surface area contributed by atoms with Crippen molar-refractivity contribution in [2.75, 3.05) is 0 Å². The van der Waals surface area contributed by atoms with Gasteiger partial charge in [-0.15, -0.1) is 0 Å². The highest BCUT2D eigenvalue weighted by atomic mass is 35.5. The van der Waals surface area contributed by atoms with E-state index in [0.29, 0.717) is 10.6 Å². The number of ketones is 1. The summed E-state index contributed by atoms with van der Waals surface area (Å²) in [4.78, 5) is 12.1. The van der Waals surface area contributed by atoms with Crippen LogP contribution < -0.4 is 0 Å². The van der Waals surface area contributed by atoms with Crippen LogP contribution in [0.5, 0.6) is 0 Å². The highest BCUT2D eigenvalue weighted by Crippen LogP contribution is 2.22. The molecule has 0 aromatic heterocycles. The molecule has 0 aliphatic carbocycles. The first-order valence-corrected chi connectivity index (χ1v) is 5.59. The molecule has 2 aromatic rings. The van der Waals surface area contributed by atoms with Crippen molar-refractivity contribution in [3.05, 3.63) is 69.5 Å². The molecule has 0 aliphatic rings. The predicted octanol–water partition coefficient (Wildman–Crippen LogP) is 4.36. The van der Waals surface area contributed by atoms with Gasteiger partial charge in [-0.1, -0.05) is 35.3 Å². The van der Waals surface area contributed by atoms with Crippen LogP contribution in [0.25, 0.3) is 0 Å². The Bertz CT molecular complexity index is 581. The minimum absolute atomic E-state index is 0.133. The van der Waals surface area contributed by atoms with E-state index in [1.807, 2.05) is 0 Å². The normalized spacial score (nSPS) is 10.3. The Morgan fingerprint density at radius 2 is 1.82 bits per heavy atom. The van der Waals surface area contributed by atoms with E-state index in [1.54, 1.807) is 18.2 Å². The molecule has 0 fully saturated rings. The largest absolute Gasteiger partial charge is 0.289 e. The summed E-state index contributed by atoms with van der Waals surface area (Å²) >= 11 is 11.6. The van der Waals surface area contributed by atoms with Crippen LogP contribution in [0.4, 0.5) is 4.39 Å². The molecule has 1 nitrogen and oxygen atoms in total. The Morgan fingerprint density at radius 3 is 2.53 bits per heavy atom. The van der Waals surface area contributed by atoms with Crippen LogP contribution in [0, 0.1) is 5.82 Å². The summed E-state index contributed by atoms with van der Waals surface area (Å²) in [5.74, 6) is -0.850. The third kappa shape index (κ3) is 2.65. The maximum atomic E-state index is 13.1. The zero-order valence-electron chi connectivity index (χ0n) is 8.58. The van der Waals surface area contributed by atoms with Gasteiger partial charge in [0.1, 0.15) is 5.82 Å². The molecule has 0 radical (unpaired) electrons. The van der Waals surface area contributed by atoms with Gasteiger partial charge in [0.25, 0.3) is 0 Å². The molecule has 4 heteroatoms. The second kappa shape index (κ2) is 4.86. The lowest BCUT2D eigenvalue weighted by Gasteiger charge is -2.04. The van der Waals surface area contributed by atoms with Gasteiger partial charge in [-0.25, -0.2) is 4.39 Å². The smallest absolute Gasteiger partial charge is 0.194 e. The van der Waals surface area contributed by atoms with E-state index >= 15 is 0 Å². The van der Waals surface area contributed by atoms with Crippen molar-refractivity contribution < 1.29 is 9.18 Å². The van der Waals surface area contributed by atoms with Gasteiger partial charge < -0.3 is 0 Å².